The molecule has 0 bridgehead atoms. The molecule has 0 radical (unpaired) electrons. The van der Waals surface area contributed by atoms with Gasteiger partial charge in [-0.3, -0.25) is 0 Å². The second-order valence-corrected chi connectivity index (χ2v) is 4.75. The summed E-state index contributed by atoms with van der Waals surface area (Å²) in [5.41, 5.74) is 1.92. The van der Waals surface area contributed by atoms with Gasteiger partial charge in [0.05, 0.1) is 0 Å². The standard InChI is InChI=1S/C15H16ClNO2/c1-3-17-9-8-14(18)15(11(17)2)19-10-12-4-6-13(16)7-5-12/h4-9H,3,10H2,1-2H3/p+1. The van der Waals surface area contributed by atoms with Crippen LogP contribution in [0.1, 0.15) is 18.2 Å². The number of hydrogen-bond acceptors (Lipinski definition) is 2. The molecule has 2 aromatic rings. The second-order valence-electron chi connectivity index (χ2n) is 4.32. The lowest BCUT2D eigenvalue weighted by Crippen LogP contribution is -2.35. The molecule has 0 saturated carbocycles. The Balaban J connectivity index is 2.17. The average molecular weight is 279 g/mol. The van der Waals surface area contributed by atoms with Gasteiger partial charge in [0, 0.05) is 18.0 Å². The van der Waals surface area contributed by atoms with E-state index in [9.17, 15) is 5.11 Å². The molecule has 1 N–H and O–H groups in total. The zero-order chi connectivity index (χ0) is 13.8. The number of aromatic nitrogens is 1. The maximum atomic E-state index is 9.87. The van der Waals surface area contributed by atoms with Crippen LogP contribution in [0.2, 0.25) is 5.02 Å². The van der Waals surface area contributed by atoms with E-state index in [2.05, 4.69) is 0 Å². The van der Waals surface area contributed by atoms with Crippen molar-refractivity contribution in [3.8, 4) is 11.5 Å². The fourth-order valence-electron chi connectivity index (χ4n) is 1.92. The van der Waals surface area contributed by atoms with Crippen LogP contribution in [0.4, 0.5) is 0 Å². The van der Waals surface area contributed by atoms with Gasteiger partial charge in [0.15, 0.2) is 11.9 Å². The van der Waals surface area contributed by atoms with Crippen molar-refractivity contribution in [2.24, 2.45) is 0 Å². The molecule has 3 nitrogen and oxygen atoms in total. The van der Waals surface area contributed by atoms with E-state index in [4.69, 9.17) is 16.3 Å². The zero-order valence-corrected chi connectivity index (χ0v) is 11.8. The van der Waals surface area contributed by atoms with Crippen LogP contribution in [-0.2, 0) is 13.2 Å². The summed E-state index contributed by atoms with van der Waals surface area (Å²) in [6.07, 6.45) is 1.85. The first-order valence-corrected chi connectivity index (χ1v) is 6.59. The molecule has 0 spiro atoms. The van der Waals surface area contributed by atoms with E-state index >= 15 is 0 Å². The Bertz CT molecular complexity index is 567. The van der Waals surface area contributed by atoms with Gasteiger partial charge in [-0.2, -0.15) is 4.57 Å². The number of benzene rings is 1. The summed E-state index contributed by atoms with van der Waals surface area (Å²) in [6.45, 7) is 5.22. The molecule has 0 fully saturated rings. The molecule has 19 heavy (non-hydrogen) atoms. The molecule has 0 saturated heterocycles. The molecule has 1 heterocycles. The van der Waals surface area contributed by atoms with E-state index in [0.717, 1.165) is 17.8 Å². The Morgan fingerprint density at radius 2 is 1.89 bits per heavy atom. The van der Waals surface area contributed by atoms with Crippen molar-refractivity contribution < 1.29 is 14.4 Å². The Morgan fingerprint density at radius 1 is 1.21 bits per heavy atom. The quantitative estimate of drug-likeness (QED) is 0.871. The number of aromatic hydroxyl groups is 1. The SMILES string of the molecule is CC[n+]1ccc(O)c(OCc2ccc(Cl)cc2)c1C. The summed E-state index contributed by atoms with van der Waals surface area (Å²) in [6, 6.07) is 9.11. The maximum absolute atomic E-state index is 9.87. The largest absolute Gasteiger partial charge is 0.504 e. The Labute approximate surface area is 118 Å². The third kappa shape index (κ3) is 3.18. The van der Waals surface area contributed by atoms with E-state index in [-0.39, 0.29) is 5.75 Å². The van der Waals surface area contributed by atoms with E-state index in [1.54, 1.807) is 6.07 Å². The van der Waals surface area contributed by atoms with Crippen molar-refractivity contribution in [1.82, 2.24) is 0 Å². The average Bonchev–Trinajstić information content (AvgIpc) is 2.41. The number of halogens is 1. The molecule has 0 atom stereocenters. The summed E-state index contributed by atoms with van der Waals surface area (Å²) in [5.74, 6) is 0.690. The number of rotatable bonds is 4. The van der Waals surface area contributed by atoms with Crippen LogP contribution in [0.25, 0.3) is 0 Å². The van der Waals surface area contributed by atoms with Crippen molar-refractivity contribution in [2.45, 2.75) is 27.0 Å². The number of aryl methyl sites for hydroxylation is 1. The minimum atomic E-state index is 0.163. The number of hydrogen-bond donors (Lipinski definition) is 1. The van der Waals surface area contributed by atoms with Crippen molar-refractivity contribution in [1.29, 1.82) is 0 Å². The fourth-order valence-corrected chi connectivity index (χ4v) is 2.05. The molecule has 0 unspecified atom stereocenters. The molecule has 0 amide bonds. The monoisotopic (exact) mass is 278 g/mol. The molecule has 4 heteroatoms. The molecule has 100 valence electrons. The van der Waals surface area contributed by atoms with Crippen LogP contribution in [0.15, 0.2) is 36.5 Å². The Hall–Kier alpha value is -1.74. The highest BCUT2D eigenvalue weighted by Gasteiger charge is 2.16. The van der Waals surface area contributed by atoms with Gasteiger partial charge in [0.2, 0.25) is 11.4 Å². The highest BCUT2D eigenvalue weighted by molar-refractivity contribution is 6.30. The fraction of sp³-hybridized carbons (Fsp3) is 0.267. The molecule has 1 aromatic heterocycles. The Kier molecular flexibility index (Phi) is 4.27. The first kappa shape index (κ1) is 13.7. The van der Waals surface area contributed by atoms with Gasteiger partial charge in [0.25, 0.3) is 0 Å². The van der Waals surface area contributed by atoms with Crippen LogP contribution in [0, 0.1) is 6.92 Å². The summed E-state index contributed by atoms with van der Waals surface area (Å²) in [4.78, 5) is 0. The van der Waals surface area contributed by atoms with Crippen LogP contribution >= 0.6 is 11.6 Å². The molecular weight excluding hydrogens is 262 g/mol. The van der Waals surface area contributed by atoms with Gasteiger partial charge in [-0.05, 0) is 24.6 Å². The summed E-state index contributed by atoms with van der Waals surface area (Å²) in [5, 5.41) is 10.6. The molecule has 0 aliphatic rings. The highest BCUT2D eigenvalue weighted by atomic mass is 35.5. The van der Waals surface area contributed by atoms with Gasteiger partial charge in [0.1, 0.15) is 13.2 Å². The topological polar surface area (TPSA) is 33.3 Å². The lowest BCUT2D eigenvalue weighted by molar-refractivity contribution is -0.699. The summed E-state index contributed by atoms with van der Waals surface area (Å²) in [7, 11) is 0. The minimum Gasteiger partial charge on any atom is -0.504 e. The van der Waals surface area contributed by atoms with Gasteiger partial charge >= 0.3 is 0 Å². The Morgan fingerprint density at radius 3 is 2.53 bits per heavy atom. The number of ether oxygens (including phenoxy) is 1. The smallest absolute Gasteiger partial charge is 0.229 e. The lowest BCUT2D eigenvalue weighted by atomic mass is 10.2. The minimum absolute atomic E-state index is 0.163. The summed E-state index contributed by atoms with van der Waals surface area (Å²) < 4.78 is 7.75. The van der Waals surface area contributed by atoms with E-state index in [1.807, 2.05) is 48.9 Å². The van der Waals surface area contributed by atoms with Gasteiger partial charge < -0.3 is 9.84 Å². The van der Waals surface area contributed by atoms with Crippen LogP contribution in [0.3, 0.4) is 0 Å². The molecule has 0 aliphatic carbocycles. The highest BCUT2D eigenvalue weighted by Crippen LogP contribution is 2.27. The lowest BCUT2D eigenvalue weighted by Gasteiger charge is -2.10. The second kappa shape index (κ2) is 5.93. The van der Waals surface area contributed by atoms with Crippen molar-refractivity contribution in [3.63, 3.8) is 0 Å². The first-order valence-electron chi connectivity index (χ1n) is 6.21. The van der Waals surface area contributed by atoms with Crippen LogP contribution in [0.5, 0.6) is 11.5 Å². The molecule has 0 aliphatic heterocycles. The van der Waals surface area contributed by atoms with E-state index < -0.39 is 0 Å². The normalized spacial score (nSPS) is 10.5. The third-order valence-corrected chi connectivity index (χ3v) is 3.29. The predicted molar refractivity (Wildman–Crippen MR) is 74.5 cm³/mol. The number of pyridine rings is 1. The number of nitrogens with zero attached hydrogens (tertiary/aromatic N) is 1. The van der Waals surface area contributed by atoms with E-state index in [0.29, 0.717) is 17.4 Å². The third-order valence-electron chi connectivity index (χ3n) is 3.04. The summed E-state index contributed by atoms with van der Waals surface area (Å²) >= 11 is 5.83. The van der Waals surface area contributed by atoms with Crippen molar-refractivity contribution >= 4 is 11.6 Å². The van der Waals surface area contributed by atoms with Crippen molar-refractivity contribution in [3.05, 3.63) is 52.8 Å². The zero-order valence-electron chi connectivity index (χ0n) is 11.1. The van der Waals surface area contributed by atoms with Crippen LogP contribution in [-0.4, -0.2) is 5.11 Å². The van der Waals surface area contributed by atoms with Gasteiger partial charge in [-0.25, -0.2) is 0 Å². The van der Waals surface area contributed by atoms with Gasteiger partial charge in [-0.15, -0.1) is 0 Å². The molecule has 1 aromatic carbocycles. The van der Waals surface area contributed by atoms with E-state index in [1.165, 1.54) is 0 Å². The first-order chi connectivity index (χ1) is 9.11. The van der Waals surface area contributed by atoms with Gasteiger partial charge in [-0.1, -0.05) is 23.7 Å². The molecular formula is C15H17ClNO2+. The van der Waals surface area contributed by atoms with Crippen molar-refractivity contribution in [2.75, 3.05) is 0 Å². The predicted octanol–water partition coefficient (Wildman–Crippen LogP) is 3.24. The molecule has 2 rings (SSSR count). The maximum Gasteiger partial charge on any atom is 0.229 e. The van der Waals surface area contributed by atoms with Crippen LogP contribution < -0.4 is 9.30 Å².